The number of Topliss-reactive ketones (excluding diaryl/α,β-unsaturated/α-hetero) is 1. The Bertz CT molecular complexity index is 263. The normalized spacial score (nSPS) is 39.9. The molecule has 0 aromatic rings. The van der Waals surface area contributed by atoms with Crippen LogP contribution in [0, 0.1) is 11.3 Å². The summed E-state index contributed by atoms with van der Waals surface area (Å²) in [6.45, 7) is 8.67. The number of likely N-dealkylation sites (tertiary alicyclic amines) is 1. The van der Waals surface area contributed by atoms with Crippen molar-refractivity contribution >= 4 is 5.78 Å². The first-order valence-electron chi connectivity index (χ1n) is 6.43. The van der Waals surface area contributed by atoms with E-state index in [1.807, 2.05) is 6.92 Å². The van der Waals surface area contributed by atoms with Crippen LogP contribution in [0.25, 0.3) is 0 Å². The number of rotatable bonds is 4. The first-order valence-corrected chi connectivity index (χ1v) is 6.43. The van der Waals surface area contributed by atoms with Crippen LogP contribution in [0.5, 0.6) is 0 Å². The van der Waals surface area contributed by atoms with Crippen molar-refractivity contribution in [2.45, 2.75) is 52.5 Å². The van der Waals surface area contributed by atoms with Gasteiger partial charge in [-0.1, -0.05) is 27.2 Å². The number of carbonyl (C=O) groups is 1. The number of nitrogens with zero attached hydrogens (tertiary/aromatic N) is 1. The summed E-state index contributed by atoms with van der Waals surface area (Å²) in [4.78, 5) is 14.3. The zero-order valence-corrected chi connectivity index (χ0v) is 10.3. The molecule has 1 saturated heterocycles. The summed E-state index contributed by atoms with van der Waals surface area (Å²) < 4.78 is 0. The largest absolute Gasteiger partial charge is 0.298 e. The molecule has 0 aromatic heterocycles. The van der Waals surface area contributed by atoms with E-state index in [4.69, 9.17) is 0 Å². The molecule has 2 nitrogen and oxygen atoms in total. The predicted octanol–water partition coefficient (Wildman–Crippen LogP) is 2.48. The van der Waals surface area contributed by atoms with Gasteiger partial charge in [-0.2, -0.15) is 0 Å². The first kappa shape index (κ1) is 11.1. The molecule has 2 aliphatic rings. The van der Waals surface area contributed by atoms with E-state index in [2.05, 4.69) is 18.7 Å². The van der Waals surface area contributed by atoms with E-state index >= 15 is 0 Å². The molecule has 0 bridgehead atoms. The Morgan fingerprint density at radius 3 is 2.53 bits per heavy atom. The highest BCUT2D eigenvalue weighted by atomic mass is 16.1. The lowest BCUT2D eigenvalue weighted by Crippen LogP contribution is -2.35. The molecular weight excluding hydrogens is 186 g/mol. The maximum atomic E-state index is 11.9. The van der Waals surface area contributed by atoms with Gasteiger partial charge in [-0.3, -0.25) is 9.69 Å². The molecule has 0 radical (unpaired) electrons. The molecule has 2 fully saturated rings. The van der Waals surface area contributed by atoms with Crippen LogP contribution in [0.2, 0.25) is 0 Å². The summed E-state index contributed by atoms with van der Waals surface area (Å²) in [5, 5.41) is 0. The predicted molar refractivity (Wildman–Crippen MR) is 61.8 cm³/mol. The van der Waals surface area contributed by atoms with Crippen molar-refractivity contribution in [3.8, 4) is 0 Å². The zero-order chi connectivity index (χ0) is 11.1. The van der Waals surface area contributed by atoms with Gasteiger partial charge in [0.2, 0.25) is 0 Å². The van der Waals surface area contributed by atoms with Crippen LogP contribution < -0.4 is 0 Å². The fraction of sp³-hybridized carbons (Fsp3) is 0.923. The molecule has 15 heavy (non-hydrogen) atoms. The SMILES string of the molecule is CCC(=O)[C@@H]1C[C@]2(CC2CC)CN1CC. The minimum Gasteiger partial charge on any atom is -0.298 e. The van der Waals surface area contributed by atoms with Crippen LogP contribution in [0.3, 0.4) is 0 Å². The van der Waals surface area contributed by atoms with Gasteiger partial charge in [0.25, 0.3) is 0 Å². The van der Waals surface area contributed by atoms with Crippen molar-refractivity contribution in [2.24, 2.45) is 11.3 Å². The van der Waals surface area contributed by atoms with Crippen molar-refractivity contribution in [1.82, 2.24) is 4.90 Å². The minimum absolute atomic E-state index is 0.247. The van der Waals surface area contributed by atoms with Gasteiger partial charge >= 0.3 is 0 Å². The molecule has 86 valence electrons. The summed E-state index contributed by atoms with van der Waals surface area (Å²) in [6, 6.07) is 0.247. The lowest BCUT2D eigenvalue weighted by atomic mass is 9.96. The van der Waals surface area contributed by atoms with Crippen molar-refractivity contribution in [3.63, 3.8) is 0 Å². The van der Waals surface area contributed by atoms with E-state index in [0.29, 0.717) is 17.6 Å². The number of carbonyl (C=O) groups excluding carboxylic acids is 1. The second-order valence-electron chi connectivity index (χ2n) is 5.27. The number of hydrogen-bond donors (Lipinski definition) is 0. The first-order chi connectivity index (χ1) is 7.16. The number of ketones is 1. The average molecular weight is 209 g/mol. The second kappa shape index (κ2) is 3.89. The minimum atomic E-state index is 0.247. The van der Waals surface area contributed by atoms with Gasteiger partial charge < -0.3 is 0 Å². The fourth-order valence-electron chi connectivity index (χ4n) is 3.43. The summed E-state index contributed by atoms with van der Waals surface area (Å²) in [5.41, 5.74) is 0.542. The fourth-order valence-corrected chi connectivity index (χ4v) is 3.43. The third kappa shape index (κ3) is 1.73. The summed E-state index contributed by atoms with van der Waals surface area (Å²) in [7, 11) is 0. The maximum Gasteiger partial charge on any atom is 0.149 e. The van der Waals surface area contributed by atoms with Gasteiger partial charge in [-0.15, -0.1) is 0 Å². The molecule has 1 spiro atoms. The smallest absolute Gasteiger partial charge is 0.149 e. The van der Waals surface area contributed by atoms with Crippen molar-refractivity contribution < 1.29 is 4.79 Å². The van der Waals surface area contributed by atoms with Gasteiger partial charge in [-0.25, -0.2) is 0 Å². The molecule has 2 rings (SSSR count). The molecule has 1 unspecified atom stereocenters. The topological polar surface area (TPSA) is 20.3 Å². The van der Waals surface area contributed by atoms with E-state index in [0.717, 1.165) is 18.9 Å². The van der Waals surface area contributed by atoms with E-state index < -0.39 is 0 Å². The standard InChI is InChI=1S/C13H23NO/c1-4-10-7-13(10)8-11(12(15)5-2)14(6-3)9-13/h10-11H,4-9H2,1-3H3/t10?,11-,13+/m0/s1. The van der Waals surface area contributed by atoms with Crippen LogP contribution in [0.4, 0.5) is 0 Å². The van der Waals surface area contributed by atoms with E-state index in [1.54, 1.807) is 0 Å². The Kier molecular flexibility index (Phi) is 2.89. The Balaban J connectivity index is 2.05. The van der Waals surface area contributed by atoms with Crippen LogP contribution in [0.15, 0.2) is 0 Å². The third-order valence-electron chi connectivity index (χ3n) is 4.54. The highest BCUT2D eigenvalue weighted by molar-refractivity contribution is 5.84. The lowest BCUT2D eigenvalue weighted by molar-refractivity contribution is -0.123. The van der Waals surface area contributed by atoms with Gasteiger partial charge in [-0.05, 0) is 30.7 Å². The van der Waals surface area contributed by atoms with Crippen molar-refractivity contribution in [3.05, 3.63) is 0 Å². The van der Waals surface area contributed by atoms with E-state index in [-0.39, 0.29) is 6.04 Å². The van der Waals surface area contributed by atoms with Gasteiger partial charge in [0, 0.05) is 13.0 Å². The molecule has 0 aromatic carbocycles. The lowest BCUT2D eigenvalue weighted by Gasteiger charge is -2.20. The van der Waals surface area contributed by atoms with Crippen LogP contribution >= 0.6 is 0 Å². The van der Waals surface area contributed by atoms with Crippen LogP contribution in [0.1, 0.15) is 46.5 Å². The second-order valence-corrected chi connectivity index (χ2v) is 5.27. The highest BCUT2D eigenvalue weighted by Gasteiger charge is 2.59. The number of likely N-dealkylation sites (N-methyl/N-ethyl adjacent to an activating group) is 1. The van der Waals surface area contributed by atoms with Crippen LogP contribution in [-0.4, -0.2) is 29.8 Å². The highest BCUT2D eigenvalue weighted by Crippen LogP contribution is 2.61. The zero-order valence-electron chi connectivity index (χ0n) is 10.3. The Labute approximate surface area is 93.0 Å². The van der Waals surface area contributed by atoms with Crippen molar-refractivity contribution in [2.75, 3.05) is 13.1 Å². The van der Waals surface area contributed by atoms with Gasteiger partial charge in [0.05, 0.1) is 6.04 Å². The summed E-state index contributed by atoms with van der Waals surface area (Å²) in [6.07, 6.45) is 4.51. The average Bonchev–Trinajstić information content (AvgIpc) is 2.80. The molecule has 3 atom stereocenters. The monoisotopic (exact) mass is 209 g/mol. The quantitative estimate of drug-likeness (QED) is 0.709. The molecule has 1 aliphatic heterocycles. The molecular formula is C13H23NO. The molecule has 0 amide bonds. The maximum absolute atomic E-state index is 11.9. The van der Waals surface area contributed by atoms with Crippen LogP contribution in [-0.2, 0) is 4.79 Å². The van der Waals surface area contributed by atoms with Gasteiger partial charge in [0.15, 0.2) is 0 Å². The van der Waals surface area contributed by atoms with Gasteiger partial charge in [0.1, 0.15) is 5.78 Å². The Hall–Kier alpha value is -0.370. The molecule has 1 aliphatic carbocycles. The summed E-state index contributed by atoms with van der Waals surface area (Å²) in [5.74, 6) is 1.36. The molecule has 0 N–H and O–H groups in total. The van der Waals surface area contributed by atoms with E-state index in [9.17, 15) is 4.79 Å². The summed E-state index contributed by atoms with van der Waals surface area (Å²) >= 11 is 0. The Morgan fingerprint density at radius 2 is 2.07 bits per heavy atom. The Morgan fingerprint density at radius 1 is 1.33 bits per heavy atom. The molecule has 1 heterocycles. The number of hydrogen-bond acceptors (Lipinski definition) is 2. The molecule has 1 saturated carbocycles. The third-order valence-corrected chi connectivity index (χ3v) is 4.54. The molecule has 2 heteroatoms. The van der Waals surface area contributed by atoms with E-state index in [1.165, 1.54) is 19.4 Å². The van der Waals surface area contributed by atoms with Crippen molar-refractivity contribution in [1.29, 1.82) is 0 Å².